The SMILES string of the molecule is CCCCCCCCCCCCOC(=O)CCN(CCCN(CCO)CCO)CCC(=O)OCCCCCCCCC. The molecule has 0 spiro atoms. The summed E-state index contributed by atoms with van der Waals surface area (Å²) in [6.45, 7) is 9.14. The average molecular weight is 601 g/mol. The molecule has 2 N–H and O–H groups in total. The van der Waals surface area contributed by atoms with Crippen molar-refractivity contribution in [3.63, 3.8) is 0 Å². The molecule has 0 saturated heterocycles. The fraction of sp³-hybridized carbons (Fsp3) is 0.941. The minimum Gasteiger partial charge on any atom is -0.466 e. The smallest absolute Gasteiger partial charge is 0.307 e. The number of unbranched alkanes of at least 4 members (excludes halogenated alkanes) is 15. The number of carbonyl (C=O) groups is 2. The molecule has 0 aliphatic rings. The van der Waals surface area contributed by atoms with Gasteiger partial charge in [0.2, 0.25) is 0 Å². The van der Waals surface area contributed by atoms with E-state index in [9.17, 15) is 19.8 Å². The van der Waals surface area contributed by atoms with E-state index in [-0.39, 0.29) is 25.2 Å². The lowest BCUT2D eigenvalue weighted by Crippen LogP contribution is -2.35. The van der Waals surface area contributed by atoms with Crippen LogP contribution in [0.3, 0.4) is 0 Å². The van der Waals surface area contributed by atoms with Crippen LogP contribution in [0.2, 0.25) is 0 Å². The second-order valence-electron chi connectivity index (χ2n) is 11.7. The van der Waals surface area contributed by atoms with Gasteiger partial charge in [-0.25, -0.2) is 0 Å². The summed E-state index contributed by atoms with van der Waals surface area (Å²) in [6, 6.07) is 0. The Balaban J connectivity index is 4.27. The number of esters is 2. The van der Waals surface area contributed by atoms with Crippen LogP contribution < -0.4 is 0 Å². The molecule has 0 radical (unpaired) electrons. The van der Waals surface area contributed by atoms with E-state index in [1.807, 2.05) is 4.90 Å². The zero-order valence-corrected chi connectivity index (χ0v) is 27.6. The summed E-state index contributed by atoms with van der Waals surface area (Å²) in [5, 5.41) is 18.5. The Morgan fingerprint density at radius 3 is 1.14 bits per heavy atom. The molecule has 0 aromatic heterocycles. The highest BCUT2D eigenvalue weighted by Crippen LogP contribution is 2.11. The van der Waals surface area contributed by atoms with E-state index >= 15 is 0 Å². The number of rotatable bonds is 33. The number of carbonyl (C=O) groups excluding carboxylic acids is 2. The zero-order chi connectivity index (χ0) is 30.9. The highest BCUT2D eigenvalue weighted by atomic mass is 16.5. The van der Waals surface area contributed by atoms with Gasteiger partial charge in [0.25, 0.3) is 0 Å². The summed E-state index contributed by atoms with van der Waals surface area (Å²) in [7, 11) is 0. The van der Waals surface area contributed by atoms with Gasteiger partial charge in [-0.05, 0) is 32.4 Å². The normalized spacial score (nSPS) is 11.5. The van der Waals surface area contributed by atoms with Crippen LogP contribution in [-0.4, -0.2) is 97.6 Å². The van der Waals surface area contributed by atoms with Gasteiger partial charge in [0.05, 0.1) is 39.3 Å². The number of aliphatic hydroxyl groups is 2. The van der Waals surface area contributed by atoms with E-state index in [1.54, 1.807) is 0 Å². The fourth-order valence-corrected chi connectivity index (χ4v) is 5.14. The summed E-state index contributed by atoms with van der Waals surface area (Å²) >= 11 is 0. The molecule has 0 heterocycles. The maximum absolute atomic E-state index is 12.4. The first-order chi connectivity index (χ1) is 20.6. The van der Waals surface area contributed by atoms with Crippen LogP contribution in [0.25, 0.3) is 0 Å². The molecule has 8 heteroatoms. The second-order valence-corrected chi connectivity index (χ2v) is 11.7. The lowest BCUT2D eigenvalue weighted by molar-refractivity contribution is -0.144. The summed E-state index contributed by atoms with van der Waals surface area (Å²) in [5.74, 6) is -0.365. The lowest BCUT2D eigenvalue weighted by atomic mass is 10.1. The number of hydrogen-bond acceptors (Lipinski definition) is 8. The molecule has 0 atom stereocenters. The molecule has 0 aromatic rings. The maximum Gasteiger partial charge on any atom is 0.307 e. The Morgan fingerprint density at radius 1 is 0.452 bits per heavy atom. The molecule has 0 amide bonds. The van der Waals surface area contributed by atoms with Crippen molar-refractivity contribution in [3.8, 4) is 0 Å². The van der Waals surface area contributed by atoms with Crippen LogP contribution >= 0.6 is 0 Å². The maximum atomic E-state index is 12.4. The van der Waals surface area contributed by atoms with Crippen molar-refractivity contribution in [3.05, 3.63) is 0 Å². The monoisotopic (exact) mass is 601 g/mol. The molecule has 0 fully saturated rings. The topological polar surface area (TPSA) is 99.5 Å². The summed E-state index contributed by atoms with van der Waals surface area (Å²) in [4.78, 5) is 28.9. The van der Waals surface area contributed by atoms with Crippen LogP contribution in [0.4, 0.5) is 0 Å². The standard InChI is InChI=1S/C34H68N2O6/c1-3-5-7-9-11-12-13-15-17-19-32-42-34(40)22-26-35(23-20-24-36(27-29-37)28-30-38)25-21-33(39)41-31-18-16-14-10-8-6-4-2/h37-38H,3-32H2,1-2H3. The van der Waals surface area contributed by atoms with Crippen LogP contribution in [0.15, 0.2) is 0 Å². The number of nitrogens with zero attached hydrogens (tertiary/aromatic N) is 2. The molecule has 0 rings (SSSR count). The molecule has 0 aliphatic heterocycles. The Hall–Kier alpha value is -1.22. The van der Waals surface area contributed by atoms with Gasteiger partial charge in [0, 0.05) is 26.2 Å². The van der Waals surface area contributed by atoms with Crippen LogP contribution in [-0.2, 0) is 19.1 Å². The van der Waals surface area contributed by atoms with E-state index in [1.165, 1.54) is 83.5 Å². The van der Waals surface area contributed by atoms with E-state index in [0.717, 1.165) is 45.2 Å². The van der Waals surface area contributed by atoms with E-state index in [4.69, 9.17) is 9.47 Å². The van der Waals surface area contributed by atoms with E-state index < -0.39 is 0 Å². The van der Waals surface area contributed by atoms with Gasteiger partial charge in [0.1, 0.15) is 0 Å². The van der Waals surface area contributed by atoms with Crippen LogP contribution in [0.5, 0.6) is 0 Å². The highest BCUT2D eigenvalue weighted by Gasteiger charge is 2.13. The van der Waals surface area contributed by atoms with Crippen LogP contribution in [0.1, 0.15) is 142 Å². The first kappa shape index (κ1) is 40.8. The van der Waals surface area contributed by atoms with Gasteiger partial charge in [-0.15, -0.1) is 0 Å². The van der Waals surface area contributed by atoms with Crippen molar-refractivity contribution in [2.24, 2.45) is 0 Å². The molecule has 8 nitrogen and oxygen atoms in total. The van der Waals surface area contributed by atoms with Gasteiger partial charge < -0.3 is 24.6 Å². The van der Waals surface area contributed by atoms with Gasteiger partial charge in [-0.1, -0.05) is 110 Å². The van der Waals surface area contributed by atoms with Gasteiger partial charge in [0.15, 0.2) is 0 Å². The Labute approximate surface area is 258 Å². The molecule has 0 saturated carbocycles. The Bertz CT molecular complexity index is 586. The second kappa shape index (κ2) is 32.7. The molecule has 0 bridgehead atoms. The van der Waals surface area contributed by atoms with Crippen molar-refractivity contribution in [2.45, 2.75) is 142 Å². The average Bonchev–Trinajstić information content (AvgIpc) is 2.98. The van der Waals surface area contributed by atoms with Crippen molar-refractivity contribution < 1.29 is 29.3 Å². The number of ether oxygens (including phenoxy) is 2. The Kier molecular flexibility index (Phi) is 31.7. The minimum absolute atomic E-state index is 0.0547. The number of aliphatic hydroxyl groups excluding tert-OH is 2. The summed E-state index contributed by atoms with van der Waals surface area (Å²) in [5.41, 5.74) is 0. The first-order valence-corrected chi connectivity index (χ1v) is 17.5. The molecular weight excluding hydrogens is 532 g/mol. The van der Waals surface area contributed by atoms with Crippen molar-refractivity contribution >= 4 is 11.9 Å². The van der Waals surface area contributed by atoms with E-state index in [0.29, 0.717) is 52.2 Å². The Morgan fingerprint density at radius 2 is 0.786 bits per heavy atom. The van der Waals surface area contributed by atoms with Crippen molar-refractivity contribution in [2.75, 3.05) is 65.7 Å². The van der Waals surface area contributed by atoms with Gasteiger partial charge >= 0.3 is 11.9 Å². The minimum atomic E-state index is -0.184. The molecular formula is C34H68N2O6. The van der Waals surface area contributed by atoms with Crippen molar-refractivity contribution in [1.29, 1.82) is 0 Å². The molecule has 0 aliphatic carbocycles. The third kappa shape index (κ3) is 28.9. The summed E-state index contributed by atoms with van der Waals surface area (Å²) < 4.78 is 10.9. The molecule has 42 heavy (non-hydrogen) atoms. The number of hydrogen-bond donors (Lipinski definition) is 2. The lowest BCUT2D eigenvalue weighted by Gasteiger charge is -2.24. The molecule has 250 valence electrons. The van der Waals surface area contributed by atoms with E-state index in [2.05, 4.69) is 18.7 Å². The third-order valence-corrected chi connectivity index (χ3v) is 7.82. The molecule has 0 aromatic carbocycles. The quantitative estimate of drug-likeness (QED) is 0.0650. The largest absolute Gasteiger partial charge is 0.466 e. The zero-order valence-electron chi connectivity index (χ0n) is 27.6. The third-order valence-electron chi connectivity index (χ3n) is 7.82. The summed E-state index contributed by atoms with van der Waals surface area (Å²) in [6.07, 6.45) is 22.2. The fourth-order valence-electron chi connectivity index (χ4n) is 5.14. The predicted molar refractivity (Wildman–Crippen MR) is 173 cm³/mol. The van der Waals surface area contributed by atoms with Gasteiger partial charge in [-0.3, -0.25) is 14.5 Å². The predicted octanol–water partition coefficient (Wildman–Crippen LogP) is 6.50. The molecule has 0 unspecified atom stereocenters. The van der Waals surface area contributed by atoms with Crippen molar-refractivity contribution in [1.82, 2.24) is 9.80 Å². The van der Waals surface area contributed by atoms with Crippen LogP contribution in [0, 0.1) is 0 Å². The van der Waals surface area contributed by atoms with Gasteiger partial charge in [-0.2, -0.15) is 0 Å². The highest BCUT2D eigenvalue weighted by molar-refractivity contribution is 5.70. The first-order valence-electron chi connectivity index (χ1n) is 17.5.